The molecule has 3 heteroatoms. The molecule has 0 amide bonds. The summed E-state index contributed by atoms with van der Waals surface area (Å²) < 4.78 is 0. The molecule has 0 aliphatic heterocycles. The van der Waals surface area contributed by atoms with Crippen molar-refractivity contribution in [3.05, 3.63) is 194 Å². The Kier molecular flexibility index (Phi) is 9.52. The summed E-state index contributed by atoms with van der Waals surface area (Å²) in [7, 11) is -1.70. The average molecular weight is 724 g/mol. The van der Waals surface area contributed by atoms with Crippen LogP contribution in [0.15, 0.2) is 194 Å². The Labute approximate surface area is 292 Å². The van der Waals surface area contributed by atoms with Crippen molar-refractivity contribution in [2.75, 3.05) is 0 Å². The van der Waals surface area contributed by atoms with Gasteiger partial charge in [-0.2, -0.15) is 0 Å². The van der Waals surface area contributed by atoms with Crippen LogP contribution < -0.4 is 31.8 Å². The first kappa shape index (κ1) is 31.4. The Bertz CT molecular complexity index is 2010. The maximum atomic E-state index is 2.42. The Morgan fingerprint density at radius 3 is 0.851 bits per heavy atom. The van der Waals surface area contributed by atoms with Crippen molar-refractivity contribution in [3.8, 4) is 11.1 Å². The van der Waals surface area contributed by atoms with Crippen LogP contribution in [0.1, 0.15) is 0 Å². The SMILES string of the molecule is [Ru].c1ccc(P(c2ccccc2)c2ccc3ccccc3c2-c2c(P(c3ccccc3)c3ccccc3)ccc3ccccc23)cc1. The molecule has 0 spiro atoms. The predicted molar refractivity (Wildman–Crippen MR) is 204 cm³/mol. The first-order chi connectivity index (χ1) is 22.9. The van der Waals surface area contributed by atoms with Crippen molar-refractivity contribution >= 4 is 69.2 Å². The van der Waals surface area contributed by atoms with Gasteiger partial charge >= 0.3 is 0 Å². The van der Waals surface area contributed by atoms with E-state index in [0.717, 1.165) is 0 Å². The van der Waals surface area contributed by atoms with E-state index in [-0.39, 0.29) is 19.5 Å². The van der Waals surface area contributed by atoms with Crippen molar-refractivity contribution in [2.45, 2.75) is 0 Å². The summed E-state index contributed by atoms with van der Waals surface area (Å²) in [5.41, 5.74) is 2.70. The number of hydrogen-bond donors (Lipinski definition) is 0. The Morgan fingerprint density at radius 1 is 0.255 bits per heavy atom. The van der Waals surface area contributed by atoms with Crippen LogP contribution in [0.4, 0.5) is 0 Å². The van der Waals surface area contributed by atoms with Crippen LogP contribution in [-0.2, 0) is 19.5 Å². The van der Waals surface area contributed by atoms with Crippen LogP contribution in [0.5, 0.6) is 0 Å². The van der Waals surface area contributed by atoms with Crippen LogP contribution in [0, 0.1) is 0 Å². The molecule has 0 unspecified atom stereocenters. The quantitative estimate of drug-likeness (QED) is 0.114. The van der Waals surface area contributed by atoms with Gasteiger partial charge in [-0.15, -0.1) is 0 Å². The molecular weight excluding hydrogens is 692 g/mol. The number of rotatable bonds is 7. The van der Waals surface area contributed by atoms with Gasteiger partial charge < -0.3 is 0 Å². The molecule has 0 radical (unpaired) electrons. The van der Waals surface area contributed by atoms with Gasteiger partial charge in [0.05, 0.1) is 0 Å². The van der Waals surface area contributed by atoms with Gasteiger partial charge in [0.2, 0.25) is 0 Å². The Morgan fingerprint density at radius 2 is 0.532 bits per heavy atom. The summed E-state index contributed by atoms with van der Waals surface area (Å²) in [4.78, 5) is 0. The number of benzene rings is 8. The van der Waals surface area contributed by atoms with Crippen LogP contribution >= 0.6 is 15.8 Å². The molecule has 0 aliphatic rings. The molecule has 0 fully saturated rings. The molecule has 0 N–H and O–H groups in total. The minimum atomic E-state index is -0.852. The molecule has 0 saturated heterocycles. The molecule has 8 aromatic rings. The molecule has 8 rings (SSSR count). The number of hydrogen-bond acceptors (Lipinski definition) is 0. The smallest absolute Gasteiger partial charge is 0 e. The third kappa shape index (κ3) is 6.13. The van der Waals surface area contributed by atoms with Crippen LogP contribution in [-0.4, -0.2) is 0 Å². The third-order valence-electron chi connectivity index (χ3n) is 8.60. The average Bonchev–Trinajstić information content (AvgIpc) is 3.14. The molecule has 0 bridgehead atoms. The van der Waals surface area contributed by atoms with E-state index < -0.39 is 15.8 Å². The van der Waals surface area contributed by atoms with Gasteiger partial charge in [-0.05, 0) is 80.3 Å². The van der Waals surface area contributed by atoms with Gasteiger partial charge in [0.1, 0.15) is 0 Å². The van der Waals surface area contributed by atoms with Crippen LogP contribution in [0.3, 0.4) is 0 Å². The van der Waals surface area contributed by atoms with E-state index in [1.807, 2.05) is 0 Å². The maximum absolute atomic E-state index is 2.42. The second-order valence-electron chi connectivity index (χ2n) is 11.4. The van der Waals surface area contributed by atoms with Gasteiger partial charge in [-0.1, -0.05) is 194 Å². The minimum Gasteiger partial charge on any atom is -0.0622 e. The summed E-state index contributed by atoms with van der Waals surface area (Å²) in [5, 5.41) is 13.3. The number of fused-ring (bicyclic) bond motifs is 2. The van der Waals surface area contributed by atoms with E-state index in [0.29, 0.717) is 0 Å². The second kappa shape index (κ2) is 14.3. The Balaban J connectivity index is 0.00000351. The van der Waals surface area contributed by atoms with Gasteiger partial charge in [-0.3, -0.25) is 0 Å². The van der Waals surface area contributed by atoms with Gasteiger partial charge in [0.25, 0.3) is 0 Å². The maximum Gasteiger partial charge on any atom is 0 e. The van der Waals surface area contributed by atoms with E-state index >= 15 is 0 Å². The predicted octanol–water partition coefficient (Wildman–Crippen LogP) is 9.17. The van der Waals surface area contributed by atoms with E-state index in [2.05, 4.69) is 194 Å². The van der Waals surface area contributed by atoms with Gasteiger partial charge in [-0.25, -0.2) is 0 Å². The monoisotopic (exact) mass is 724 g/mol. The summed E-state index contributed by atoms with van der Waals surface area (Å²) in [6, 6.07) is 71.8. The minimum absolute atomic E-state index is 0. The third-order valence-corrected chi connectivity index (χ3v) is 13.6. The summed E-state index contributed by atoms with van der Waals surface area (Å²) >= 11 is 0. The van der Waals surface area contributed by atoms with Crippen molar-refractivity contribution in [3.63, 3.8) is 0 Å². The van der Waals surface area contributed by atoms with E-state index in [1.165, 1.54) is 64.5 Å². The molecule has 0 nitrogen and oxygen atoms in total. The van der Waals surface area contributed by atoms with Crippen LogP contribution in [0.2, 0.25) is 0 Å². The summed E-state index contributed by atoms with van der Waals surface area (Å²) in [6.07, 6.45) is 0. The molecule has 0 saturated carbocycles. The van der Waals surface area contributed by atoms with Crippen molar-refractivity contribution in [2.24, 2.45) is 0 Å². The van der Waals surface area contributed by atoms with E-state index in [9.17, 15) is 0 Å². The standard InChI is InChI=1S/C44H32P2.Ru/c1-5-19-35(20-6-1)45(36-21-7-2-8-22-36)41-31-29-33-17-13-15-27-39(33)43(41)44-40-28-16-14-18-34(40)30-32-42(44)46(37-23-9-3-10-24-37)38-25-11-4-12-26-38;/h1-32H;. The summed E-state index contributed by atoms with van der Waals surface area (Å²) in [6.45, 7) is 0. The molecular formula is C44H32P2Ru. The first-order valence-corrected chi connectivity index (χ1v) is 18.4. The molecule has 0 atom stereocenters. The molecule has 226 valence electrons. The normalized spacial score (nSPS) is 11.2. The van der Waals surface area contributed by atoms with Crippen molar-refractivity contribution < 1.29 is 19.5 Å². The van der Waals surface area contributed by atoms with E-state index in [1.54, 1.807) is 0 Å². The molecule has 0 aromatic heterocycles. The van der Waals surface area contributed by atoms with Crippen molar-refractivity contribution in [1.29, 1.82) is 0 Å². The van der Waals surface area contributed by atoms with E-state index in [4.69, 9.17) is 0 Å². The molecule has 0 heterocycles. The summed E-state index contributed by atoms with van der Waals surface area (Å²) in [5.74, 6) is 0. The largest absolute Gasteiger partial charge is 0.0622 e. The fourth-order valence-corrected chi connectivity index (χ4v) is 11.5. The van der Waals surface area contributed by atoms with Gasteiger partial charge in [0.15, 0.2) is 0 Å². The topological polar surface area (TPSA) is 0 Å². The van der Waals surface area contributed by atoms with Gasteiger partial charge in [0, 0.05) is 19.5 Å². The zero-order valence-corrected chi connectivity index (χ0v) is 29.3. The second-order valence-corrected chi connectivity index (χ2v) is 15.7. The first-order valence-electron chi connectivity index (χ1n) is 15.7. The molecule has 8 aromatic carbocycles. The fraction of sp³-hybridized carbons (Fsp3) is 0. The van der Waals surface area contributed by atoms with Crippen LogP contribution in [0.25, 0.3) is 32.7 Å². The fourth-order valence-electron chi connectivity index (χ4n) is 6.58. The zero-order valence-electron chi connectivity index (χ0n) is 25.7. The molecule has 0 aliphatic carbocycles. The molecule has 47 heavy (non-hydrogen) atoms. The van der Waals surface area contributed by atoms with Crippen molar-refractivity contribution in [1.82, 2.24) is 0 Å². The Hall–Kier alpha value is -4.24. The zero-order chi connectivity index (χ0) is 30.7.